The Kier molecular flexibility index (Phi) is 61.5. The number of amides is 7. The molecule has 0 aromatic carbocycles. The molecule has 83 heavy (non-hydrogen) atoms. The lowest BCUT2D eigenvalue weighted by Crippen LogP contribution is -3.00. The number of carbonyl (C=O) groups excluding carboxylic acids is 7. The van der Waals surface area contributed by atoms with Crippen LogP contribution >= 0.6 is 23.2 Å². The molecule has 0 aliphatic carbocycles. The fourth-order valence-electron chi connectivity index (χ4n) is 7.60. The second kappa shape index (κ2) is 51.4. The summed E-state index contributed by atoms with van der Waals surface area (Å²) in [6.45, 7) is 40.7. The van der Waals surface area contributed by atoms with Gasteiger partial charge >= 0.3 is 0 Å². The summed E-state index contributed by atoms with van der Waals surface area (Å²) >= 11 is 10.9. The van der Waals surface area contributed by atoms with Crippen molar-refractivity contribution >= 4 is 97.8 Å². The molecule has 0 heterocycles. The average molecular weight is 1340 g/mol. The molecule has 0 saturated carbocycles. The summed E-state index contributed by atoms with van der Waals surface area (Å²) in [6.07, 6.45) is 3.58. The normalized spacial score (nSPS) is 11.0. The van der Waals surface area contributed by atoms with E-state index in [0.29, 0.717) is 97.7 Å². The molecule has 0 unspecified atom stereocenters. The van der Waals surface area contributed by atoms with Crippen molar-refractivity contribution in [2.75, 3.05) is 133 Å². The highest BCUT2D eigenvalue weighted by atomic mass is 35.5. The molecule has 0 bridgehead atoms. The van der Waals surface area contributed by atoms with Crippen LogP contribution in [0.3, 0.4) is 0 Å². The summed E-state index contributed by atoms with van der Waals surface area (Å²) in [7, 11) is 4.55. The topological polar surface area (TPSA) is 225 Å². The zero-order valence-electron chi connectivity index (χ0n) is 51.7. The molecule has 0 saturated heterocycles. The van der Waals surface area contributed by atoms with Crippen LogP contribution in [-0.2, 0) is 41.8 Å². The molecule has 7 N–H and O–H groups in total. The van der Waals surface area contributed by atoms with Crippen LogP contribution in [0.2, 0.25) is 76.6 Å². The standard InChI is InChI=1S/C30H60N6O5Si2.C14H30Cl2N2O3Si2.C8H16N2O.4CH4.2ClH/c1-25(2)29(39)33-17-19-35(5,6)23-27(37)31-15-13-21-42(9,10)41-43(11,12)22-14-16-32-28(38)24-36(7,8)20-18-34-30(40)26(3)4;1-22(2,9-5-7-17-13(19)11-15)21-23(3,4)10-6-8-18-14(20)12-16;1-7(2)8(11)9-5-6-10(3)4;;;;;;/h1,3,13-24H2,2,4-12H3,(H2-2,31,32,33,34,37,38,39,40);5-12H2,1-4H3,(H,17,19)(H,18,20);1,5-6H2,2-4H3,(H,9,11);4*1H4;2*1H. The molecule has 0 rings (SSSR count). The van der Waals surface area contributed by atoms with Gasteiger partial charge in [0.05, 0.1) is 54.4 Å². The number of hydrogen-bond acceptors (Lipinski definition) is 10. The predicted molar refractivity (Wildman–Crippen MR) is 356 cm³/mol. The molecule has 0 aromatic rings. The Labute approximate surface area is 534 Å². The zero-order chi connectivity index (χ0) is 60.3. The molecule has 0 atom stereocenters. The maximum atomic E-state index is 12.5. The van der Waals surface area contributed by atoms with Crippen LogP contribution in [0.15, 0.2) is 36.5 Å². The van der Waals surface area contributed by atoms with Gasteiger partial charge in [0.15, 0.2) is 46.4 Å². The van der Waals surface area contributed by atoms with Gasteiger partial charge in [-0.05, 0) is 137 Å². The molecule has 0 aliphatic heterocycles. The highest BCUT2D eigenvalue weighted by Crippen LogP contribution is 2.25. The average Bonchev–Trinajstić information content (AvgIpc) is 3.28. The van der Waals surface area contributed by atoms with Crippen molar-refractivity contribution in [3.05, 3.63) is 36.5 Å². The Morgan fingerprint density at radius 3 is 0.867 bits per heavy atom. The lowest BCUT2D eigenvalue weighted by Gasteiger charge is -2.34. The predicted octanol–water partition coefficient (Wildman–Crippen LogP) is 1.66. The SMILES string of the molecule is C.C.C.C.C=C(C)C(=O)NCCN(C)C.C=C(C)C(=O)NCC[N+](C)(C)CC(=O)NCCC[Si](C)(C)O[Si](C)(C)CCCNC(=O)C[N+](C)(C)CCNC(=O)C(=C)C.C[Si](C)(CCCNC(=O)CCl)O[Si](C)(C)CCCNC(=O)CCl.[Cl-].[Cl-]. The number of likely N-dealkylation sites (N-methyl/N-ethyl adjacent to an activating group) is 3. The maximum Gasteiger partial charge on any atom is 0.275 e. The van der Waals surface area contributed by atoms with E-state index in [9.17, 15) is 33.6 Å². The minimum Gasteiger partial charge on any atom is -1.00 e. The van der Waals surface area contributed by atoms with Crippen LogP contribution < -0.4 is 62.0 Å². The van der Waals surface area contributed by atoms with Crippen LogP contribution in [-0.4, -0.2) is 221 Å². The third kappa shape index (κ3) is 62.2. The van der Waals surface area contributed by atoms with E-state index >= 15 is 0 Å². The first kappa shape index (κ1) is 99.4. The van der Waals surface area contributed by atoms with Gasteiger partial charge in [-0.25, -0.2) is 0 Å². The van der Waals surface area contributed by atoms with Gasteiger partial charge in [0.2, 0.25) is 29.5 Å². The van der Waals surface area contributed by atoms with Gasteiger partial charge in [0.25, 0.3) is 11.8 Å². The number of carbonyl (C=O) groups is 7. The molecule has 19 nitrogen and oxygen atoms in total. The van der Waals surface area contributed by atoms with E-state index in [1.807, 2.05) is 47.2 Å². The second-order valence-corrected chi connectivity index (χ2v) is 42.1. The Bertz CT molecular complexity index is 1780. The summed E-state index contributed by atoms with van der Waals surface area (Å²) in [6, 6.07) is 3.95. The van der Waals surface area contributed by atoms with Crippen molar-refractivity contribution in [2.45, 2.75) is 153 Å². The minimum atomic E-state index is -1.90. The molecule has 0 radical (unpaired) electrons. The first-order valence-electron chi connectivity index (χ1n) is 26.9. The first-order chi connectivity index (χ1) is 35.2. The molecule has 0 spiro atoms. The fraction of sp³-hybridized carbons (Fsp3) is 0.768. The molecule has 27 heteroatoms. The van der Waals surface area contributed by atoms with Gasteiger partial charge in [-0.2, -0.15) is 0 Å². The number of nitrogens with zero attached hydrogens (tertiary/aromatic N) is 3. The Morgan fingerprint density at radius 2 is 0.651 bits per heavy atom. The summed E-state index contributed by atoms with van der Waals surface area (Å²) in [5.74, 6) is -0.602. The van der Waals surface area contributed by atoms with E-state index in [0.717, 1.165) is 56.4 Å². The Balaban J connectivity index is -0.000000164. The van der Waals surface area contributed by atoms with E-state index < -0.39 is 33.3 Å². The number of nitrogens with one attached hydrogen (secondary N) is 7. The zero-order valence-corrected chi connectivity index (χ0v) is 58.7. The van der Waals surface area contributed by atoms with E-state index in [-0.39, 0.29) is 108 Å². The number of alkyl halides is 2. The van der Waals surface area contributed by atoms with E-state index in [2.05, 4.69) is 109 Å². The smallest absolute Gasteiger partial charge is 0.275 e. The molecule has 0 aromatic heterocycles. The molecule has 0 fully saturated rings. The van der Waals surface area contributed by atoms with Crippen LogP contribution in [0.25, 0.3) is 0 Å². The number of halogens is 4. The summed E-state index contributed by atoms with van der Waals surface area (Å²) in [5, 5.41) is 20.0. The van der Waals surface area contributed by atoms with E-state index in [1.54, 1.807) is 20.8 Å². The third-order valence-electron chi connectivity index (χ3n) is 11.6. The van der Waals surface area contributed by atoms with Gasteiger partial charge in [-0.3, -0.25) is 33.6 Å². The quantitative estimate of drug-likeness (QED) is 0.0156. The third-order valence-corrected chi connectivity index (χ3v) is 27.2. The van der Waals surface area contributed by atoms with Crippen molar-refractivity contribution in [3.63, 3.8) is 0 Å². The lowest BCUT2D eigenvalue weighted by atomic mass is 10.3. The lowest BCUT2D eigenvalue weighted by molar-refractivity contribution is -0.881. The van der Waals surface area contributed by atoms with Crippen molar-refractivity contribution in [3.8, 4) is 0 Å². The summed E-state index contributed by atoms with van der Waals surface area (Å²) < 4.78 is 14.2. The number of hydrogen-bond donors (Lipinski definition) is 7. The van der Waals surface area contributed by atoms with Gasteiger partial charge in [0, 0.05) is 56.0 Å². The van der Waals surface area contributed by atoms with Crippen molar-refractivity contribution in [2.24, 2.45) is 0 Å². The van der Waals surface area contributed by atoms with E-state index in [1.165, 1.54) is 0 Å². The Morgan fingerprint density at radius 1 is 0.422 bits per heavy atom. The minimum absolute atomic E-state index is 0. The molecular formula is C56H124Cl4N10O9Si4. The van der Waals surface area contributed by atoms with Gasteiger partial charge in [0.1, 0.15) is 11.8 Å². The van der Waals surface area contributed by atoms with Gasteiger partial charge in [-0.15, -0.1) is 23.2 Å². The largest absolute Gasteiger partial charge is 1.00 e. The molecule has 496 valence electrons. The highest BCUT2D eigenvalue weighted by Gasteiger charge is 2.34. The number of quaternary nitrogens is 2. The number of rotatable bonds is 38. The van der Waals surface area contributed by atoms with Crippen molar-refractivity contribution < 1.29 is 75.6 Å². The maximum absolute atomic E-state index is 12.5. The summed E-state index contributed by atoms with van der Waals surface area (Å²) in [4.78, 5) is 83.4. The van der Waals surface area contributed by atoms with Gasteiger partial charge < -0.3 is 84.1 Å². The van der Waals surface area contributed by atoms with Crippen molar-refractivity contribution in [1.82, 2.24) is 42.1 Å². The van der Waals surface area contributed by atoms with Crippen LogP contribution in [0.1, 0.15) is 76.2 Å². The molecular weight excluding hydrogens is 1210 g/mol. The van der Waals surface area contributed by atoms with Crippen LogP contribution in [0, 0.1) is 0 Å². The van der Waals surface area contributed by atoms with Crippen LogP contribution in [0.4, 0.5) is 0 Å². The highest BCUT2D eigenvalue weighted by molar-refractivity contribution is 6.85. The van der Waals surface area contributed by atoms with Gasteiger partial charge in [-0.1, -0.05) is 49.4 Å². The summed E-state index contributed by atoms with van der Waals surface area (Å²) in [5.41, 5.74) is 1.51. The molecule has 7 amide bonds. The monoisotopic (exact) mass is 1330 g/mol. The fourth-order valence-corrected chi connectivity index (χ4v) is 25.5. The van der Waals surface area contributed by atoms with Crippen molar-refractivity contribution in [1.29, 1.82) is 0 Å². The van der Waals surface area contributed by atoms with E-state index in [4.69, 9.17) is 31.4 Å². The van der Waals surface area contributed by atoms with Crippen LogP contribution in [0.5, 0.6) is 0 Å². The second-order valence-electron chi connectivity index (χ2n) is 23.9. The molecule has 0 aliphatic rings. The Hall–Kier alpha value is -2.66. The first-order valence-corrected chi connectivity index (χ1v) is 40.4.